The van der Waals surface area contributed by atoms with E-state index in [4.69, 9.17) is 14.2 Å². The number of hydrogen-bond donors (Lipinski definition) is 1. The molecule has 0 aliphatic carbocycles. The lowest BCUT2D eigenvalue weighted by Crippen LogP contribution is -2.12. The van der Waals surface area contributed by atoms with Crippen molar-refractivity contribution in [2.24, 2.45) is 0 Å². The third-order valence-electron chi connectivity index (χ3n) is 6.62. The van der Waals surface area contributed by atoms with E-state index in [9.17, 15) is 23.1 Å². The van der Waals surface area contributed by atoms with Gasteiger partial charge in [0.1, 0.15) is 41.3 Å². The number of thiophene rings is 1. The van der Waals surface area contributed by atoms with Gasteiger partial charge in [0.25, 0.3) is 0 Å². The van der Waals surface area contributed by atoms with Gasteiger partial charge in [-0.2, -0.15) is 13.2 Å². The van der Waals surface area contributed by atoms with Crippen LogP contribution in [0, 0.1) is 6.92 Å². The van der Waals surface area contributed by atoms with Gasteiger partial charge in [-0.1, -0.05) is 24.3 Å². The number of nitrogens with zero attached hydrogens (tertiary/aromatic N) is 2. The molecule has 0 amide bonds. The van der Waals surface area contributed by atoms with E-state index in [-0.39, 0.29) is 16.2 Å². The van der Waals surface area contributed by atoms with E-state index in [1.165, 1.54) is 13.0 Å². The van der Waals surface area contributed by atoms with Crippen molar-refractivity contribution >= 4 is 28.3 Å². The molecule has 5 rings (SSSR count). The summed E-state index contributed by atoms with van der Waals surface area (Å²) in [6.07, 6.45) is -3.78. The largest absolute Gasteiger partial charge is 0.497 e. The van der Waals surface area contributed by atoms with E-state index >= 15 is 0 Å². The number of fused-ring (bicyclic) bond motifs is 1. The average molecular weight is 583 g/mol. The van der Waals surface area contributed by atoms with Gasteiger partial charge >= 0.3 is 12.1 Å². The molecule has 0 aliphatic heterocycles. The number of halogens is 3. The summed E-state index contributed by atoms with van der Waals surface area (Å²) in [5.74, 6) is 0.182. The minimum Gasteiger partial charge on any atom is -0.497 e. The number of methoxy groups -OCH3 is 1. The third-order valence-corrected chi connectivity index (χ3v) is 7.73. The molecule has 0 spiro atoms. The van der Waals surface area contributed by atoms with Gasteiger partial charge in [0.15, 0.2) is 4.88 Å². The molecular weight excluding hydrogens is 557 g/mol. The lowest BCUT2D eigenvalue weighted by atomic mass is 9.98. The van der Waals surface area contributed by atoms with Crippen LogP contribution in [0.25, 0.3) is 16.0 Å². The molecule has 1 N–H and O–H groups in total. The topological polar surface area (TPSA) is 82.8 Å². The Morgan fingerprint density at radius 2 is 1.80 bits per heavy atom. The molecular formula is C30H25F3N2O5S. The first kappa shape index (κ1) is 28.0. The highest BCUT2D eigenvalue weighted by Crippen LogP contribution is 2.39. The number of carbonyl (C=O) groups is 1. The number of aromatic carboxylic acids is 1. The van der Waals surface area contributed by atoms with Crippen LogP contribution in [-0.2, 0) is 12.8 Å². The van der Waals surface area contributed by atoms with Crippen LogP contribution in [0.15, 0.2) is 73.1 Å². The van der Waals surface area contributed by atoms with Crippen LogP contribution in [0.5, 0.6) is 17.2 Å². The van der Waals surface area contributed by atoms with E-state index in [0.29, 0.717) is 34.0 Å². The fourth-order valence-electron chi connectivity index (χ4n) is 4.51. The summed E-state index contributed by atoms with van der Waals surface area (Å²) in [6, 6.07) is 18.3. The molecule has 2 aromatic heterocycles. The molecule has 0 saturated carbocycles. The fourth-order valence-corrected chi connectivity index (χ4v) is 5.43. The Morgan fingerprint density at radius 3 is 2.49 bits per heavy atom. The van der Waals surface area contributed by atoms with Crippen molar-refractivity contribution in [2.75, 3.05) is 7.11 Å². The smallest absolute Gasteiger partial charge is 0.416 e. The summed E-state index contributed by atoms with van der Waals surface area (Å²) in [4.78, 5) is 16.4. The van der Waals surface area contributed by atoms with Crippen molar-refractivity contribution in [1.82, 2.24) is 9.55 Å². The molecule has 0 saturated heterocycles. The van der Waals surface area contributed by atoms with Crippen molar-refractivity contribution < 1.29 is 37.3 Å². The number of imidazole rings is 1. The van der Waals surface area contributed by atoms with E-state index in [2.05, 4.69) is 4.98 Å². The second kappa shape index (κ2) is 11.2. The van der Waals surface area contributed by atoms with E-state index in [1.807, 2.05) is 24.3 Å². The SMILES string of the molecule is COc1ccc(COc2ccc3ncn(-c4cc(O[C@H](C)c5cccc(C(F)(F)F)c5C)c(C(=O)O)s4)c3c2)cc1. The van der Waals surface area contributed by atoms with Crippen molar-refractivity contribution in [3.8, 4) is 22.2 Å². The molecule has 0 fully saturated rings. The second-order valence-corrected chi connectivity index (χ2v) is 10.3. The summed E-state index contributed by atoms with van der Waals surface area (Å²) in [7, 11) is 1.60. The third kappa shape index (κ3) is 5.85. The van der Waals surface area contributed by atoms with Crippen molar-refractivity contribution in [2.45, 2.75) is 32.7 Å². The zero-order valence-corrected chi connectivity index (χ0v) is 23.0. The number of benzene rings is 3. The monoisotopic (exact) mass is 582 g/mol. The average Bonchev–Trinajstić information content (AvgIpc) is 3.55. The van der Waals surface area contributed by atoms with Crippen molar-refractivity contribution in [1.29, 1.82) is 0 Å². The molecule has 0 radical (unpaired) electrons. The van der Waals surface area contributed by atoms with Gasteiger partial charge in [0.2, 0.25) is 0 Å². The Balaban J connectivity index is 1.42. The zero-order chi connectivity index (χ0) is 29.3. The number of carboxylic acids is 1. The Hall–Kier alpha value is -4.51. The molecule has 41 heavy (non-hydrogen) atoms. The van der Waals surface area contributed by atoms with Crippen LogP contribution in [-0.4, -0.2) is 27.7 Å². The summed E-state index contributed by atoms with van der Waals surface area (Å²) < 4.78 is 59.1. The molecule has 2 heterocycles. The maximum Gasteiger partial charge on any atom is 0.416 e. The van der Waals surface area contributed by atoms with Crippen molar-refractivity contribution in [3.63, 3.8) is 0 Å². The van der Waals surface area contributed by atoms with Crippen LogP contribution in [0.2, 0.25) is 0 Å². The van der Waals surface area contributed by atoms with Gasteiger partial charge in [-0.25, -0.2) is 9.78 Å². The van der Waals surface area contributed by atoms with Crippen LogP contribution in [0.4, 0.5) is 13.2 Å². The molecule has 0 unspecified atom stereocenters. The maximum atomic E-state index is 13.4. The highest BCUT2D eigenvalue weighted by Gasteiger charge is 2.33. The number of alkyl halides is 3. The van der Waals surface area contributed by atoms with E-state index < -0.39 is 23.8 Å². The summed E-state index contributed by atoms with van der Waals surface area (Å²) in [5.41, 5.74) is 1.89. The Morgan fingerprint density at radius 1 is 1.07 bits per heavy atom. The molecule has 0 bridgehead atoms. The molecule has 7 nitrogen and oxygen atoms in total. The first-order valence-corrected chi connectivity index (χ1v) is 13.3. The standard InChI is InChI=1S/C30H25F3N2O5S/c1-17-22(5-4-6-23(17)30(31,32)33)18(2)40-26-14-27(41-28(26)29(36)37)35-16-34-24-12-11-21(13-25(24)35)39-15-19-7-9-20(38-3)10-8-19/h4-14,16,18H,15H2,1-3H3,(H,36,37)/t18-/m1/s1. The highest BCUT2D eigenvalue weighted by molar-refractivity contribution is 7.16. The zero-order valence-electron chi connectivity index (χ0n) is 22.2. The molecule has 1 atom stereocenters. The van der Waals surface area contributed by atoms with E-state index in [0.717, 1.165) is 28.7 Å². The maximum absolute atomic E-state index is 13.4. The Labute approximate surface area is 237 Å². The first-order chi connectivity index (χ1) is 19.5. The quantitative estimate of drug-likeness (QED) is 0.191. The van der Waals surface area contributed by atoms with Gasteiger partial charge < -0.3 is 19.3 Å². The second-order valence-electron chi connectivity index (χ2n) is 9.26. The molecule has 3 aromatic carbocycles. The van der Waals surface area contributed by atoms with Crippen LogP contribution in [0.1, 0.15) is 45.0 Å². The van der Waals surface area contributed by atoms with E-state index in [1.54, 1.807) is 55.3 Å². The molecule has 5 aromatic rings. The van der Waals surface area contributed by atoms with Gasteiger partial charge in [-0.05, 0) is 60.9 Å². The predicted molar refractivity (Wildman–Crippen MR) is 148 cm³/mol. The Bertz CT molecular complexity index is 1710. The van der Waals surface area contributed by atoms with Gasteiger partial charge in [0.05, 0.1) is 23.7 Å². The molecule has 212 valence electrons. The van der Waals surface area contributed by atoms with Gasteiger partial charge in [0, 0.05) is 12.1 Å². The summed E-state index contributed by atoms with van der Waals surface area (Å²) >= 11 is 0.974. The number of carboxylic acid groups (broad SMARTS) is 1. The first-order valence-electron chi connectivity index (χ1n) is 12.5. The number of rotatable bonds is 9. The minimum absolute atomic E-state index is 0.0302. The normalized spacial score (nSPS) is 12.3. The summed E-state index contributed by atoms with van der Waals surface area (Å²) in [6.45, 7) is 3.29. The Kier molecular flexibility index (Phi) is 7.63. The fraction of sp³-hybridized carbons (Fsp3) is 0.200. The van der Waals surface area contributed by atoms with Crippen LogP contribution in [0.3, 0.4) is 0 Å². The highest BCUT2D eigenvalue weighted by atomic mass is 32.1. The lowest BCUT2D eigenvalue weighted by Gasteiger charge is -2.19. The number of hydrogen-bond acceptors (Lipinski definition) is 6. The lowest BCUT2D eigenvalue weighted by molar-refractivity contribution is -0.138. The minimum atomic E-state index is -4.51. The molecule has 11 heteroatoms. The van der Waals surface area contributed by atoms with Crippen LogP contribution >= 0.6 is 11.3 Å². The predicted octanol–water partition coefficient (Wildman–Crippen LogP) is 7.84. The van der Waals surface area contributed by atoms with Gasteiger partial charge in [-0.3, -0.25) is 4.57 Å². The van der Waals surface area contributed by atoms with Gasteiger partial charge in [-0.15, -0.1) is 11.3 Å². The summed E-state index contributed by atoms with van der Waals surface area (Å²) in [5, 5.41) is 10.4. The number of aromatic nitrogens is 2. The van der Waals surface area contributed by atoms with Crippen LogP contribution < -0.4 is 14.2 Å². The number of ether oxygens (including phenoxy) is 3. The van der Waals surface area contributed by atoms with Crippen molar-refractivity contribution in [3.05, 3.63) is 100 Å². The molecule has 0 aliphatic rings.